The Morgan fingerprint density at radius 1 is 1.28 bits per heavy atom. The summed E-state index contributed by atoms with van der Waals surface area (Å²) in [5.74, 6) is 1.29. The summed E-state index contributed by atoms with van der Waals surface area (Å²) in [5, 5.41) is 0. The lowest BCUT2D eigenvalue weighted by Gasteiger charge is -2.22. The summed E-state index contributed by atoms with van der Waals surface area (Å²) < 4.78 is 11.2. The molecule has 1 fully saturated rings. The van der Waals surface area contributed by atoms with Gasteiger partial charge in [-0.05, 0) is 38.0 Å². The molecule has 2 N–H and O–H groups in total. The maximum Gasteiger partial charge on any atom is 0.257 e. The Hall–Kier alpha value is -1.98. The van der Waals surface area contributed by atoms with Crippen LogP contribution in [0.5, 0.6) is 5.75 Å². The third kappa shape index (κ3) is 5.00. The first-order valence-electron chi connectivity index (χ1n) is 8.44. The van der Waals surface area contributed by atoms with Gasteiger partial charge in [0, 0.05) is 19.1 Å². The predicted molar refractivity (Wildman–Crippen MR) is 99.2 cm³/mol. The minimum absolute atomic E-state index is 0. The highest BCUT2D eigenvalue weighted by atomic mass is 35.5. The average molecular weight is 365 g/mol. The molecule has 0 aliphatic carbocycles. The topological polar surface area (TPSA) is 68.7 Å². The molecular weight excluding hydrogens is 340 g/mol. The predicted octanol–water partition coefficient (Wildman–Crippen LogP) is 3.54. The van der Waals surface area contributed by atoms with Crippen molar-refractivity contribution in [3.05, 3.63) is 53.5 Å². The molecule has 5 nitrogen and oxygen atoms in total. The normalized spacial score (nSPS) is 17.5. The van der Waals surface area contributed by atoms with Crippen molar-refractivity contribution in [2.75, 3.05) is 13.1 Å². The fourth-order valence-electron chi connectivity index (χ4n) is 2.96. The van der Waals surface area contributed by atoms with E-state index < -0.39 is 0 Å². The number of furan rings is 1. The molecule has 1 aromatic heterocycles. The molecule has 1 saturated heterocycles. The summed E-state index contributed by atoms with van der Waals surface area (Å²) in [6, 6.07) is 9.56. The molecule has 3 rings (SSSR count). The molecule has 0 saturated carbocycles. The largest absolute Gasteiger partial charge is 0.486 e. The number of halogens is 1. The van der Waals surface area contributed by atoms with E-state index in [1.54, 1.807) is 12.3 Å². The molecule has 1 unspecified atom stereocenters. The quantitative estimate of drug-likeness (QED) is 0.900. The highest BCUT2D eigenvalue weighted by Gasteiger charge is 2.24. The molecule has 1 aromatic carbocycles. The van der Waals surface area contributed by atoms with Crippen molar-refractivity contribution < 1.29 is 13.9 Å². The molecule has 6 heteroatoms. The molecule has 25 heavy (non-hydrogen) atoms. The molecule has 136 valence electrons. The second kappa shape index (κ2) is 8.92. The molecule has 0 spiro atoms. The fraction of sp³-hybridized carbons (Fsp3) is 0.421. The van der Waals surface area contributed by atoms with E-state index in [0.717, 1.165) is 31.6 Å². The highest BCUT2D eigenvalue weighted by molar-refractivity contribution is 5.95. The van der Waals surface area contributed by atoms with E-state index in [0.29, 0.717) is 17.9 Å². The number of likely N-dealkylation sites (tertiary alicyclic amines) is 1. The van der Waals surface area contributed by atoms with Gasteiger partial charge in [0.25, 0.3) is 5.91 Å². The van der Waals surface area contributed by atoms with E-state index in [1.165, 1.54) is 5.56 Å². The van der Waals surface area contributed by atoms with Crippen LogP contribution in [0.2, 0.25) is 0 Å². The van der Waals surface area contributed by atoms with Gasteiger partial charge in [0.2, 0.25) is 0 Å². The van der Waals surface area contributed by atoms with Gasteiger partial charge >= 0.3 is 0 Å². The smallest absolute Gasteiger partial charge is 0.257 e. The van der Waals surface area contributed by atoms with E-state index in [4.69, 9.17) is 14.9 Å². The minimum Gasteiger partial charge on any atom is -0.486 e. The molecule has 1 atom stereocenters. The standard InChI is InChI=1S/C19H24N2O3.ClH/c1-14-5-7-16(8-6-14)24-13-18-17(9-11-23-18)19(22)21-10-3-2-4-15(20)12-21;/h5-9,11,15H,2-4,10,12-13,20H2,1H3;1H. The van der Waals surface area contributed by atoms with Crippen molar-refractivity contribution in [2.45, 2.75) is 38.8 Å². The molecular formula is C19H25ClN2O3. The number of carbonyl (C=O) groups is 1. The number of nitrogens with two attached hydrogens (primary N) is 1. The second-order valence-corrected chi connectivity index (χ2v) is 6.37. The van der Waals surface area contributed by atoms with Crippen LogP contribution in [-0.4, -0.2) is 29.9 Å². The zero-order chi connectivity index (χ0) is 16.9. The van der Waals surface area contributed by atoms with Crippen molar-refractivity contribution in [3.8, 4) is 5.75 Å². The summed E-state index contributed by atoms with van der Waals surface area (Å²) in [7, 11) is 0. The van der Waals surface area contributed by atoms with Crippen LogP contribution in [0.4, 0.5) is 0 Å². The zero-order valence-electron chi connectivity index (χ0n) is 14.4. The molecule has 1 aliphatic rings. The molecule has 1 amide bonds. The van der Waals surface area contributed by atoms with Gasteiger partial charge in [0.05, 0.1) is 11.8 Å². The Morgan fingerprint density at radius 3 is 2.80 bits per heavy atom. The van der Waals surface area contributed by atoms with Gasteiger partial charge in [0.1, 0.15) is 12.4 Å². The second-order valence-electron chi connectivity index (χ2n) is 6.37. The maximum atomic E-state index is 12.8. The number of hydrogen-bond donors (Lipinski definition) is 1. The number of amides is 1. The zero-order valence-corrected chi connectivity index (χ0v) is 15.3. The lowest BCUT2D eigenvalue weighted by Crippen LogP contribution is -2.39. The Morgan fingerprint density at radius 2 is 2.04 bits per heavy atom. The third-order valence-electron chi connectivity index (χ3n) is 4.36. The van der Waals surface area contributed by atoms with Gasteiger partial charge in [-0.2, -0.15) is 0 Å². The number of nitrogens with zero attached hydrogens (tertiary/aromatic N) is 1. The maximum absolute atomic E-state index is 12.8. The van der Waals surface area contributed by atoms with Gasteiger partial charge in [-0.1, -0.05) is 24.1 Å². The number of aryl methyl sites for hydroxylation is 1. The molecule has 0 bridgehead atoms. The number of hydrogen-bond acceptors (Lipinski definition) is 4. The van der Waals surface area contributed by atoms with Crippen molar-refractivity contribution >= 4 is 18.3 Å². The van der Waals surface area contributed by atoms with Crippen LogP contribution in [0.3, 0.4) is 0 Å². The SMILES string of the molecule is Cc1ccc(OCc2occc2C(=O)N2CCCCC(N)C2)cc1.Cl. The van der Waals surface area contributed by atoms with E-state index in [2.05, 4.69) is 0 Å². The van der Waals surface area contributed by atoms with Crippen LogP contribution < -0.4 is 10.5 Å². The monoisotopic (exact) mass is 364 g/mol. The van der Waals surface area contributed by atoms with Crippen LogP contribution in [0, 0.1) is 6.92 Å². The number of rotatable bonds is 4. The van der Waals surface area contributed by atoms with Crippen LogP contribution in [-0.2, 0) is 6.61 Å². The fourth-order valence-corrected chi connectivity index (χ4v) is 2.96. The van der Waals surface area contributed by atoms with Gasteiger partial charge in [-0.3, -0.25) is 4.79 Å². The first-order chi connectivity index (χ1) is 11.6. The summed E-state index contributed by atoms with van der Waals surface area (Å²) in [5.41, 5.74) is 7.80. The van der Waals surface area contributed by atoms with Crippen molar-refractivity contribution in [1.82, 2.24) is 4.90 Å². The lowest BCUT2D eigenvalue weighted by molar-refractivity contribution is 0.0750. The summed E-state index contributed by atoms with van der Waals surface area (Å²) >= 11 is 0. The Kier molecular flexibility index (Phi) is 6.91. The van der Waals surface area contributed by atoms with Crippen LogP contribution >= 0.6 is 12.4 Å². The lowest BCUT2D eigenvalue weighted by atomic mass is 10.1. The Bertz CT molecular complexity index is 684. The minimum atomic E-state index is -0.0244. The number of ether oxygens (including phenoxy) is 1. The summed E-state index contributed by atoms with van der Waals surface area (Å²) in [6.45, 7) is 3.61. The van der Waals surface area contributed by atoms with E-state index in [9.17, 15) is 4.79 Å². The van der Waals surface area contributed by atoms with Crippen molar-refractivity contribution in [2.24, 2.45) is 5.73 Å². The molecule has 2 heterocycles. The van der Waals surface area contributed by atoms with Gasteiger partial charge in [-0.15, -0.1) is 12.4 Å². The molecule has 0 radical (unpaired) electrons. The van der Waals surface area contributed by atoms with Gasteiger partial charge in [-0.25, -0.2) is 0 Å². The van der Waals surface area contributed by atoms with E-state index >= 15 is 0 Å². The van der Waals surface area contributed by atoms with Crippen LogP contribution in [0.1, 0.15) is 40.9 Å². The number of benzene rings is 1. The Labute approximate surface area is 154 Å². The molecule has 2 aromatic rings. The third-order valence-corrected chi connectivity index (χ3v) is 4.36. The van der Waals surface area contributed by atoms with Crippen molar-refractivity contribution in [3.63, 3.8) is 0 Å². The highest BCUT2D eigenvalue weighted by Crippen LogP contribution is 2.20. The van der Waals surface area contributed by atoms with Crippen LogP contribution in [0.15, 0.2) is 41.0 Å². The Balaban J connectivity index is 0.00000225. The average Bonchev–Trinajstić information content (AvgIpc) is 2.94. The van der Waals surface area contributed by atoms with Gasteiger partial charge in [0.15, 0.2) is 5.76 Å². The number of carbonyl (C=O) groups excluding carboxylic acids is 1. The first kappa shape index (κ1) is 19.3. The van der Waals surface area contributed by atoms with E-state index in [-0.39, 0.29) is 31.0 Å². The van der Waals surface area contributed by atoms with E-state index in [1.807, 2.05) is 36.1 Å². The van der Waals surface area contributed by atoms with Crippen molar-refractivity contribution in [1.29, 1.82) is 0 Å². The van der Waals surface area contributed by atoms with Gasteiger partial charge < -0.3 is 19.8 Å². The first-order valence-corrected chi connectivity index (χ1v) is 8.44. The van der Waals surface area contributed by atoms with Crippen LogP contribution in [0.25, 0.3) is 0 Å². The summed E-state index contributed by atoms with van der Waals surface area (Å²) in [6.07, 6.45) is 4.57. The molecule has 1 aliphatic heterocycles. The summed E-state index contributed by atoms with van der Waals surface area (Å²) in [4.78, 5) is 14.6.